The number of hydrogen-bond acceptors (Lipinski definition) is 4. The van der Waals surface area contributed by atoms with Gasteiger partial charge in [0.15, 0.2) is 5.13 Å². The minimum Gasteiger partial charge on any atom is -0.302 e. The summed E-state index contributed by atoms with van der Waals surface area (Å²) in [6, 6.07) is 5.65. The first-order valence-corrected chi connectivity index (χ1v) is 8.37. The van der Waals surface area contributed by atoms with Crippen molar-refractivity contribution in [3.05, 3.63) is 44.9 Å². The van der Waals surface area contributed by atoms with Crippen LogP contribution >= 0.6 is 34.5 Å². The number of rotatable bonds is 5. The zero-order valence-electron chi connectivity index (χ0n) is 12.6. The second-order valence-electron chi connectivity index (χ2n) is 5.08. The van der Waals surface area contributed by atoms with Crippen molar-refractivity contribution in [2.45, 2.75) is 26.4 Å². The standard InChI is InChI=1S/C15H17Cl2N3OS/c1-9(13-5-4-11(16)6-14(13)17)20(3)7-12-8-22-15(19-12)18-10(2)21/h4-6,8-9H,7H2,1-3H3,(H,18,19,21). The average molecular weight is 358 g/mol. The number of benzene rings is 1. The summed E-state index contributed by atoms with van der Waals surface area (Å²) in [5, 5.41) is 6.53. The fourth-order valence-electron chi connectivity index (χ4n) is 2.06. The van der Waals surface area contributed by atoms with Gasteiger partial charge in [0.1, 0.15) is 0 Å². The fourth-order valence-corrected chi connectivity index (χ4v) is 3.37. The van der Waals surface area contributed by atoms with Crippen molar-refractivity contribution in [3.63, 3.8) is 0 Å². The molecule has 0 fully saturated rings. The smallest absolute Gasteiger partial charge is 0.223 e. The van der Waals surface area contributed by atoms with E-state index in [0.717, 1.165) is 11.3 Å². The number of thiazole rings is 1. The minimum absolute atomic E-state index is 0.115. The lowest BCUT2D eigenvalue weighted by molar-refractivity contribution is -0.114. The Morgan fingerprint density at radius 2 is 2.18 bits per heavy atom. The Balaban J connectivity index is 2.06. The molecule has 0 spiro atoms. The van der Waals surface area contributed by atoms with Gasteiger partial charge in [-0.1, -0.05) is 29.3 Å². The van der Waals surface area contributed by atoms with E-state index in [2.05, 4.69) is 22.1 Å². The van der Waals surface area contributed by atoms with E-state index in [0.29, 0.717) is 21.7 Å². The molecule has 7 heteroatoms. The molecule has 4 nitrogen and oxygen atoms in total. The molecule has 1 amide bonds. The summed E-state index contributed by atoms with van der Waals surface area (Å²) >= 11 is 13.6. The van der Waals surface area contributed by atoms with Crippen LogP contribution in [0.1, 0.15) is 31.1 Å². The summed E-state index contributed by atoms with van der Waals surface area (Å²) in [6.45, 7) is 4.21. The van der Waals surface area contributed by atoms with Crippen molar-refractivity contribution < 1.29 is 4.79 Å². The van der Waals surface area contributed by atoms with Gasteiger partial charge in [0, 0.05) is 34.9 Å². The first-order chi connectivity index (χ1) is 10.4. The number of halogens is 2. The van der Waals surface area contributed by atoms with Gasteiger partial charge < -0.3 is 5.32 Å². The van der Waals surface area contributed by atoms with E-state index >= 15 is 0 Å². The van der Waals surface area contributed by atoms with E-state index < -0.39 is 0 Å². The van der Waals surface area contributed by atoms with E-state index in [1.54, 1.807) is 6.07 Å². The highest BCUT2D eigenvalue weighted by atomic mass is 35.5. The van der Waals surface area contributed by atoms with E-state index in [9.17, 15) is 4.79 Å². The zero-order valence-corrected chi connectivity index (χ0v) is 14.9. The van der Waals surface area contributed by atoms with E-state index in [1.165, 1.54) is 18.3 Å². The summed E-state index contributed by atoms with van der Waals surface area (Å²) in [6.07, 6.45) is 0. The van der Waals surface area contributed by atoms with Crippen molar-refractivity contribution in [3.8, 4) is 0 Å². The Labute approximate surface area is 144 Å². The third-order valence-electron chi connectivity index (χ3n) is 3.32. The number of aromatic nitrogens is 1. The van der Waals surface area contributed by atoms with Crippen LogP contribution in [-0.2, 0) is 11.3 Å². The van der Waals surface area contributed by atoms with Gasteiger partial charge >= 0.3 is 0 Å². The first-order valence-electron chi connectivity index (χ1n) is 6.74. The van der Waals surface area contributed by atoms with Crippen LogP contribution in [0.3, 0.4) is 0 Å². The van der Waals surface area contributed by atoms with E-state index in [1.807, 2.05) is 24.6 Å². The third-order valence-corrected chi connectivity index (χ3v) is 4.69. The van der Waals surface area contributed by atoms with Crippen LogP contribution in [0.4, 0.5) is 5.13 Å². The van der Waals surface area contributed by atoms with Gasteiger partial charge in [-0.3, -0.25) is 9.69 Å². The van der Waals surface area contributed by atoms with Gasteiger partial charge in [0.25, 0.3) is 0 Å². The molecule has 0 aliphatic carbocycles. The van der Waals surface area contributed by atoms with Crippen molar-refractivity contribution in [1.29, 1.82) is 0 Å². The summed E-state index contributed by atoms with van der Waals surface area (Å²) < 4.78 is 0. The molecule has 0 aliphatic rings. The van der Waals surface area contributed by atoms with E-state index in [-0.39, 0.29) is 11.9 Å². The molecule has 2 aromatic rings. The number of nitrogens with zero attached hydrogens (tertiary/aromatic N) is 2. The lowest BCUT2D eigenvalue weighted by atomic mass is 10.1. The van der Waals surface area contributed by atoms with Crippen LogP contribution in [-0.4, -0.2) is 22.8 Å². The summed E-state index contributed by atoms with van der Waals surface area (Å²) in [5.74, 6) is -0.115. The molecule has 1 unspecified atom stereocenters. The predicted octanol–water partition coefficient (Wildman–Crippen LogP) is 4.60. The zero-order chi connectivity index (χ0) is 16.3. The summed E-state index contributed by atoms with van der Waals surface area (Å²) in [5.41, 5.74) is 1.93. The third kappa shape index (κ3) is 4.43. The van der Waals surface area contributed by atoms with Crippen molar-refractivity contribution in [2.75, 3.05) is 12.4 Å². The number of hydrogen-bond donors (Lipinski definition) is 1. The van der Waals surface area contributed by atoms with E-state index in [4.69, 9.17) is 23.2 Å². The SMILES string of the molecule is CC(=O)Nc1nc(CN(C)C(C)c2ccc(Cl)cc2Cl)cs1. The van der Waals surface area contributed by atoms with Crippen LogP contribution in [0.5, 0.6) is 0 Å². The monoisotopic (exact) mass is 357 g/mol. The average Bonchev–Trinajstić information content (AvgIpc) is 2.84. The maximum absolute atomic E-state index is 11.0. The quantitative estimate of drug-likeness (QED) is 0.850. The Hall–Kier alpha value is -1.14. The molecule has 118 valence electrons. The van der Waals surface area contributed by atoms with Gasteiger partial charge in [0.2, 0.25) is 5.91 Å². The number of carbonyl (C=O) groups is 1. The van der Waals surface area contributed by atoms with Gasteiger partial charge in [-0.05, 0) is 31.7 Å². The number of nitrogens with one attached hydrogen (secondary N) is 1. The van der Waals surface area contributed by atoms with Gasteiger partial charge in [-0.25, -0.2) is 4.98 Å². The second-order valence-corrected chi connectivity index (χ2v) is 6.78. The van der Waals surface area contributed by atoms with Crippen molar-refractivity contribution >= 4 is 45.6 Å². The topological polar surface area (TPSA) is 45.2 Å². The van der Waals surface area contributed by atoms with Crippen molar-refractivity contribution in [2.24, 2.45) is 0 Å². The van der Waals surface area contributed by atoms with Crippen LogP contribution in [0.25, 0.3) is 0 Å². The number of carbonyl (C=O) groups excluding carboxylic acids is 1. The number of amides is 1. The van der Waals surface area contributed by atoms with Crippen LogP contribution in [0.2, 0.25) is 10.0 Å². The molecule has 0 bridgehead atoms. The predicted molar refractivity (Wildman–Crippen MR) is 92.8 cm³/mol. The lowest BCUT2D eigenvalue weighted by Crippen LogP contribution is -2.22. The Kier molecular flexibility index (Phi) is 5.81. The molecule has 1 heterocycles. The molecule has 1 aromatic carbocycles. The fraction of sp³-hybridized carbons (Fsp3) is 0.333. The molecular weight excluding hydrogens is 341 g/mol. The van der Waals surface area contributed by atoms with Crippen LogP contribution in [0.15, 0.2) is 23.6 Å². The first kappa shape index (κ1) is 17.2. The highest BCUT2D eigenvalue weighted by molar-refractivity contribution is 7.13. The van der Waals surface area contributed by atoms with Crippen molar-refractivity contribution in [1.82, 2.24) is 9.88 Å². The molecule has 22 heavy (non-hydrogen) atoms. The highest BCUT2D eigenvalue weighted by Crippen LogP contribution is 2.30. The molecule has 0 radical (unpaired) electrons. The van der Waals surface area contributed by atoms with Crippen LogP contribution < -0.4 is 5.32 Å². The highest BCUT2D eigenvalue weighted by Gasteiger charge is 2.16. The molecule has 0 saturated carbocycles. The summed E-state index contributed by atoms with van der Waals surface area (Å²) in [7, 11) is 2.01. The van der Waals surface area contributed by atoms with Crippen LogP contribution in [0, 0.1) is 0 Å². The molecule has 1 atom stereocenters. The Morgan fingerprint density at radius 3 is 2.82 bits per heavy atom. The number of anilines is 1. The second kappa shape index (κ2) is 7.42. The lowest BCUT2D eigenvalue weighted by Gasteiger charge is -2.25. The Morgan fingerprint density at radius 1 is 1.45 bits per heavy atom. The molecule has 2 rings (SSSR count). The molecule has 0 saturated heterocycles. The van der Waals surface area contributed by atoms with Gasteiger partial charge in [-0.2, -0.15) is 0 Å². The normalized spacial score (nSPS) is 12.5. The maximum atomic E-state index is 11.0. The molecule has 1 N–H and O–H groups in total. The summed E-state index contributed by atoms with van der Waals surface area (Å²) in [4.78, 5) is 17.6. The van der Waals surface area contributed by atoms with Gasteiger partial charge in [-0.15, -0.1) is 11.3 Å². The maximum Gasteiger partial charge on any atom is 0.223 e. The molecule has 0 aliphatic heterocycles. The minimum atomic E-state index is -0.115. The largest absolute Gasteiger partial charge is 0.302 e. The van der Waals surface area contributed by atoms with Gasteiger partial charge in [0.05, 0.1) is 5.69 Å². The molecular formula is C15H17Cl2N3OS. The Bertz CT molecular complexity index is 675. The molecule has 1 aromatic heterocycles.